The number of amides is 2. The molecule has 3 N–H and O–H groups in total. The lowest BCUT2D eigenvalue weighted by molar-refractivity contribution is -0.105. The maximum atomic E-state index is 12.4. The predicted octanol–water partition coefficient (Wildman–Crippen LogP) is 5.50. The van der Waals surface area contributed by atoms with Crippen molar-refractivity contribution in [2.24, 2.45) is 0 Å². The van der Waals surface area contributed by atoms with E-state index in [9.17, 15) is 9.59 Å². The van der Waals surface area contributed by atoms with Crippen LogP contribution in [0.4, 0.5) is 10.8 Å². The van der Waals surface area contributed by atoms with Gasteiger partial charge in [-0.15, -0.1) is 0 Å². The van der Waals surface area contributed by atoms with E-state index in [-0.39, 0.29) is 5.91 Å². The number of aromatic nitrogens is 1. The quantitative estimate of drug-likeness (QED) is 0.262. The Hall–Kier alpha value is -3.66. The van der Waals surface area contributed by atoms with Crippen LogP contribution in [0.1, 0.15) is 21.5 Å². The van der Waals surface area contributed by atoms with Crippen LogP contribution in [0, 0.1) is 6.92 Å². The lowest BCUT2D eigenvalue weighted by atomic mass is 10.1. The van der Waals surface area contributed by atoms with Crippen LogP contribution in [-0.4, -0.2) is 38.6 Å². The molecule has 1 heterocycles. The first-order valence-electron chi connectivity index (χ1n) is 10.9. The number of thiazole rings is 1. The Morgan fingerprint density at radius 3 is 2.39 bits per heavy atom. The molecule has 4 aromatic rings. The first-order chi connectivity index (χ1) is 17.4. The van der Waals surface area contributed by atoms with Gasteiger partial charge in [0, 0.05) is 17.7 Å². The van der Waals surface area contributed by atoms with Gasteiger partial charge in [-0.3, -0.25) is 9.59 Å². The standard InChI is InChI=1S/C16H12ClN3O2S.C10H15NO2/c1-9-3-2-4-11(17)14(9)20-15(22)10-5-6-12-13(7-10)23-16(19-12)18-8-21;1-11-7-8-9(12-2)5-4-6-10(8)13-3/h2-8H,1H3,(H,20,22)(H,18,19,21);4-6,11H,7H2,1-3H3. The van der Waals surface area contributed by atoms with Crippen molar-refractivity contribution in [2.75, 3.05) is 31.9 Å². The molecule has 0 aliphatic heterocycles. The van der Waals surface area contributed by atoms with Crippen molar-refractivity contribution in [1.29, 1.82) is 0 Å². The van der Waals surface area contributed by atoms with Crippen LogP contribution in [0.15, 0.2) is 54.6 Å². The molecule has 0 aliphatic carbocycles. The van der Waals surface area contributed by atoms with E-state index in [0.717, 1.165) is 39.4 Å². The first-order valence-corrected chi connectivity index (χ1v) is 12.1. The van der Waals surface area contributed by atoms with Gasteiger partial charge < -0.3 is 25.4 Å². The number of methoxy groups -OCH3 is 2. The van der Waals surface area contributed by atoms with Gasteiger partial charge in [0.2, 0.25) is 6.41 Å². The average molecular weight is 527 g/mol. The van der Waals surface area contributed by atoms with Crippen LogP contribution in [0.25, 0.3) is 10.2 Å². The molecule has 0 bridgehead atoms. The number of nitrogens with zero attached hydrogens (tertiary/aromatic N) is 1. The van der Waals surface area contributed by atoms with E-state index >= 15 is 0 Å². The largest absolute Gasteiger partial charge is 0.496 e. The number of rotatable bonds is 8. The minimum Gasteiger partial charge on any atom is -0.496 e. The Kier molecular flexibility index (Phi) is 9.63. The minimum absolute atomic E-state index is 0.249. The van der Waals surface area contributed by atoms with Crippen LogP contribution in [0.2, 0.25) is 5.02 Å². The summed E-state index contributed by atoms with van der Waals surface area (Å²) in [5.41, 5.74) is 3.77. The maximum Gasteiger partial charge on any atom is 0.255 e. The smallest absolute Gasteiger partial charge is 0.255 e. The van der Waals surface area contributed by atoms with Gasteiger partial charge in [-0.1, -0.05) is 41.1 Å². The Morgan fingerprint density at radius 1 is 1.08 bits per heavy atom. The summed E-state index contributed by atoms with van der Waals surface area (Å²) >= 11 is 7.44. The predicted molar refractivity (Wildman–Crippen MR) is 146 cm³/mol. The van der Waals surface area contributed by atoms with E-state index in [1.54, 1.807) is 38.5 Å². The number of ether oxygens (including phenoxy) is 2. The Balaban J connectivity index is 0.000000236. The molecule has 36 heavy (non-hydrogen) atoms. The zero-order valence-corrected chi connectivity index (χ0v) is 21.9. The molecule has 0 fully saturated rings. The molecule has 0 atom stereocenters. The van der Waals surface area contributed by atoms with Crippen LogP contribution in [-0.2, 0) is 11.3 Å². The Morgan fingerprint density at radius 2 is 1.78 bits per heavy atom. The summed E-state index contributed by atoms with van der Waals surface area (Å²) in [4.78, 5) is 27.1. The molecule has 0 unspecified atom stereocenters. The second-order valence-corrected chi connectivity index (χ2v) is 8.96. The lowest BCUT2D eigenvalue weighted by Gasteiger charge is -2.11. The van der Waals surface area contributed by atoms with Crippen molar-refractivity contribution in [1.82, 2.24) is 10.3 Å². The van der Waals surface area contributed by atoms with Crippen molar-refractivity contribution in [3.8, 4) is 11.5 Å². The molecule has 4 rings (SSSR count). The fourth-order valence-corrected chi connectivity index (χ4v) is 4.57. The molecule has 3 aromatic carbocycles. The maximum absolute atomic E-state index is 12.4. The SMILES string of the molecule is CNCc1c(OC)cccc1OC.Cc1cccc(Cl)c1NC(=O)c1ccc2nc(NC=O)sc2c1. The highest BCUT2D eigenvalue weighted by atomic mass is 35.5. The molecule has 1 aromatic heterocycles. The highest BCUT2D eigenvalue weighted by Gasteiger charge is 2.13. The lowest BCUT2D eigenvalue weighted by Crippen LogP contribution is -2.13. The van der Waals surface area contributed by atoms with Gasteiger partial charge in [0.1, 0.15) is 11.5 Å². The zero-order chi connectivity index (χ0) is 26.1. The zero-order valence-electron chi connectivity index (χ0n) is 20.3. The van der Waals surface area contributed by atoms with Crippen molar-refractivity contribution in [3.05, 3.63) is 76.3 Å². The molecule has 10 heteroatoms. The van der Waals surface area contributed by atoms with Crippen molar-refractivity contribution >= 4 is 56.3 Å². The number of hydrogen-bond acceptors (Lipinski definition) is 7. The minimum atomic E-state index is -0.249. The van der Waals surface area contributed by atoms with Gasteiger partial charge in [-0.25, -0.2) is 4.98 Å². The highest BCUT2D eigenvalue weighted by molar-refractivity contribution is 7.22. The number of anilines is 2. The van der Waals surface area contributed by atoms with Gasteiger partial charge in [-0.05, 0) is 55.9 Å². The van der Waals surface area contributed by atoms with Crippen LogP contribution >= 0.6 is 22.9 Å². The topological polar surface area (TPSA) is 102 Å². The number of fused-ring (bicyclic) bond motifs is 1. The number of aryl methyl sites for hydroxylation is 1. The number of carbonyl (C=O) groups excluding carboxylic acids is 2. The highest BCUT2D eigenvalue weighted by Crippen LogP contribution is 2.29. The molecule has 0 saturated carbocycles. The second-order valence-electron chi connectivity index (χ2n) is 7.52. The Bertz CT molecular complexity index is 1320. The van der Waals surface area contributed by atoms with Crippen molar-refractivity contribution in [2.45, 2.75) is 13.5 Å². The fraction of sp³-hybridized carbons (Fsp3) is 0.192. The van der Waals surface area contributed by atoms with Gasteiger partial charge in [0.25, 0.3) is 5.91 Å². The van der Waals surface area contributed by atoms with Gasteiger partial charge in [-0.2, -0.15) is 0 Å². The first kappa shape index (κ1) is 26.9. The third-order valence-electron chi connectivity index (χ3n) is 5.18. The number of hydrogen-bond donors (Lipinski definition) is 3. The third-order valence-corrected chi connectivity index (χ3v) is 6.44. The summed E-state index contributed by atoms with van der Waals surface area (Å²) < 4.78 is 11.3. The third kappa shape index (κ3) is 6.51. The van der Waals surface area contributed by atoms with E-state index in [0.29, 0.717) is 27.8 Å². The molecular formula is C26H27ClN4O4S. The monoisotopic (exact) mass is 526 g/mol. The number of carbonyl (C=O) groups is 2. The molecule has 0 radical (unpaired) electrons. The van der Waals surface area contributed by atoms with Crippen molar-refractivity contribution in [3.63, 3.8) is 0 Å². The van der Waals surface area contributed by atoms with E-state index < -0.39 is 0 Å². The van der Waals surface area contributed by atoms with E-state index in [1.807, 2.05) is 44.3 Å². The van der Waals surface area contributed by atoms with Crippen molar-refractivity contribution < 1.29 is 19.1 Å². The van der Waals surface area contributed by atoms with E-state index in [1.165, 1.54) is 11.3 Å². The molecular weight excluding hydrogens is 500 g/mol. The van der Waals surface area contributed by atoms with Crippen LogP contribution in [0.5, 0.6) is 11.5 Å². The summed E-state index contributed by atoms with van der Waals surface area (Å²) in [6, 6.07) is 16.4. The van der Waals surface area contributed by atoms with Gasteiger partial charge in [0.15, 0.2) is 5.13 Å². The molecule has 2 amide bonds. The number of nitrogens with one attached hydrogen (secondary N) is 3. The summed E-state index contributed by atoms with van der Waals surface area (Å²) in [7, 11) is 5.22. The average Bonchev–Trinajstić information content (AvgIpc) is 3.29. The summed E-state index contributed by atoms with van der Waals surface area (Å²) in [6.45, 7) is 2.62. The molecule has 0 saturated heterocycles. The fourth-order valence-electron chi connectivity index (χ4n) is 3.43. The van der Waals surface area contributed by atoms with Crippen LogP contribution < -0.4 is 25.4 Å². The Labute approximate surface area is 218 Å². The van der Waals surface area contributed by atoms with E-state index in [2.05, 4.69) is 20.9 Å². The second kappa shape index (κ2) is 12.9. The van der Waals surface area contributed by atoms with Crippen LogP contribution in [0.3, 0.4) is 0 Å². The molecule has 8 nitrogen and oxygen atoms in total. The molecule has 188 valence electrons. The summed E-state index contributed by atoms with van der Waals surface area (Å²) in [6.07, 6.45) is 0.575. The number of para-hydroxylation sites is 1. The van der Waals surface area contributed by atoms with Gasteiger partial charge in [0.05, 0.1) is 35.1 Å². The summed E-state index contributed by atoms with van der Waals surface area (Å²) in [5.74, 6) is 1.46. The van der Waals surface area contributed by atoms with Gasteiger partial charge >= 0.3 is 0 Å². The van der Waals surface area contributed by atoms with E-state index in [4.69, 9.17) is 21.1 Å². The number of halogens is 1. The molecule has 0 aliphatic rings. The molecule has 0 spiro atoms. The normalized spacial score (nSPS) is 10.2. The number of benzene rings is 3. The summed E-state index contributed by atoms with van der Waals surface area (Å²) in [5, 5.41) is 9.41.